The molecule has 114 valence electrons. The Morgan fingerprint density at radius 3 is 2.62 bits per heavy atom. The summed E-state index contributed by atoms with van der Waals surface area (Å²) in [6.45, 7) is 4.67. The van der Waals surface area contributed by atoms with Crippen molar-refractivity contribution in [1.29, 1.82) is 0 Å². The van der Waals surface area contributed by atoms with Crippen LogP contribution in [0.25, 0.3) is 0 Å². The van der Waals surface area contributed by atoms with Crippen LogP contribution in [0.2, 0.25) is 0 Å². The summed E-state index contributed by atoms with van der Waals surface area (Å²) in [5.74, 6) is 0. The molecule has 0 amide bonds. The molecule has 0 radical (unpaired) electrons. The molecule has 0 saturated carbocycles. The van der Waals surface area contributed by atoms with Crippen LogP contribution in [0.5, 0.6) is 0 Å². The number of rotatable bonds is 6. The summed E-state index contributed by atoms with van der Waals surface area (Å²) in [5, 5.41) is 3.06. The van der Waals surface area contributed by atoms with Gasteiger partial charge in [0, 0.05) is 4.88 Å². The number of hydrogen-bond acceptors (Lipinski definition) is 4. The van der Waals surface area contributed by atoms with Crippen molar-refractivity contribution in [3.63, 3.8) is 0 Å². The summed E-state index contributed by atoms with van der Waals surface area (Å²) in [4.78, 5) is 1.06. The fraction of sp³-hybridized carbons (Fsp3) is 0.333. The van der Waals surface area contributed by atoms with E-state index in [1.807, 2.05) is 45.2 Å². The molecular formula is C15H20N2O2S2. The van der Waals surface area contributed by atoms with E-state index in [2.05, 4.69) is 10.0 Å². The van der Waals surface area contributed by atoms with Gasteiger partial charge in [0.25, 0.3) is 10.0 Å². The van der Waals surface area contributed by atoms with Crippen molar-refractivity contribution in [1.82, 2.24) is 5.32 Å². The van der Waals surface area contributed by atoms with Crippen LogP contribution in [-0.4, -0.2) is 22.0 Å². The Morgan fingerprint density at radius 1 is 1.14 bits per heavy atom. The maximum atomic E-state index is 12.4. The first-order valence-electron chi connectivity index (χ1n) is 6.76. The summed E-state index contributed by atoms with van der Waals surface area (Å²) in [7, 11) is -1.63. The number of aryl methyl sites for hydroxylation is 2. The van der Waals surface area contributed by atoms with Crippen molar-refractivity contribution >= 4 is 27.0 Å². The summed E-state index contributed by atoms with van der Waals surface area (Å²) >= 11 is 1.32. The van der Waals surface area contributed by atoms with Crippen LogP contribution in [0.1, 0.15) is 16.0 Å². The summed E-state index contributed by atoms with van der Waals surface area (Å²) in [6, 6.07) is 9.28. The van der Waals surface area contributed by atoms with Gasteiger partial charge in [-0.2, -0.15) is 0 Å². The number of nitrogens with one attached hydrogen (secondary N) is 2. The van der Waals surface area contributed by atoms with Gasteiger partial charge in [-0.25, -0.2) is 8.42 Å². The van der Waals surface area contributed by atoms with Crippen LogP contribution in [-0.2, 0) is 16.4 Å². The fourth-order valence-electron chi connectivity index (χ4n) is 1.93. The highest BCUT2D eigenvalue weighted by molar-refractivity contribution is 7.94. The average molecular weight is 324 g/mol. The number of anilines is 1. The van der Waals surface area contributed by atoms with Gasteiger partial charge in [0.2, 0.25) is 0 Å². The molecule has 1 aromatic heterocycles. The first kappa shape index (κ1) is 16.0. The molecule has 0 aliphatic carbocycles. The zero-order valence-electron chi connectivity index (χ0n) is 12.4. The largest absolute Gasteiger partial charge is 0.319 e. The summed E-state index contributed by atoms with van der Waals surface area (Å²) < 4.78 is 27.9. The molecule has 0 bridgehead atoms. The lowest BCUT2D eigenvalue weighted by atomic mass is 10.1. The van der Waals surface area contributed by atoms with E-state index < -0.39 is 10.0 Å². The van der Waals surface area contributed by atoms with Crippen LogP contribution in [0.15, 0.2) is 34.5 Å². The van der Waals surface area contributed by atoms with Crippen molar-refractivity contribution in [3.05, 3.63) is 46.3 Å². The SMILES string of the molecule is CNCCc1ccc(S(=O)(=O)Nc2cc(C)ccc2C)s1. The third-order valence-corrected chi connectivity index (χ3v) is 6.16. The van der Waals surface area contributed by atoms with E-state index in [0.717, 1.165) is 29.0 Å². The van der Waals surface area contributed by atoms with E-state index in [-0.39, 0.29) is 0 Å². The van der Waals surface area contributed by atoms with Gasteiger partial charge in [-0.3, -0.25) is 4.72 Å². The molecule has 1 heterocycles. The molecule has 1 aromatic carbocycles. The summed E-state index contributed by atoms with van der Waals surface area (Å²) in [5.41, 5.74) is 2.58. The normalized spacial score (nSPS) is 11.6. The maximum Gasteiger partial charge on any atom is 0.271 e. The smallest absolute Gasteiger partial charge is 0.271 e. The van der Waals surface area contributed by atoms with Gasteiger partial charge >= 0.3 is 0 Å². The molecule has 0 saturated heterocycles. The topological polar surface area (TPSA) is 58.2 Å². The molecule has 2 N–H and O–H groups in total. The van der Waals surface area contributed by atoms with E-state index in [1.54, 1.807) is 6.07 Å². The van der Waals surface area contributed by atoms with Crippen molar-refractivity contribution in [2.75, 3.05) is 18.3 Å². The molecule has 0 aliphatic rings. The molecule has 0 aliphatic heterocycles. The van der Waals surface area contributed by atoms with Gasteiger partial charge in [0.1, 0.15) is 4.21 Å². The van der Waals surface area contributed by atoms with Gasteiger partial charge in [-0.15, -0.1) is 11.3 Å². The van der Waals surface area contributed by atoms with Crippen LogP contribution < -0.4 is 10.0 Å². The second-order valence-electron chi connectivity index (χ2n) is 5.00. The third-order valence-electron chi connectivity index (χ3n) is 3.16. The van der Waals surface area contributed by atoms with E-state index in [9.17, 15) is 8.42 Å². The predicted molar refractivity (Wildman–Crippen MR) is 88.7 cm³/mol. The minimum absolute atomic E-state index is 0.356. The number of likely N-dealkylation sites (N-methyl/N-ethyl adjacent to an activating group) is 1. The monoisotopic (exact) mass is 324 g/mol. The average Bonchev–Trinajstić information content (AvgIpc) is 2.90. The van der Waals surface area contributed by atoms with Gasteiger partial charge in [-0.05, 0) is 63.2 Å². The van der Waals surface area contributed by atoms with E-state index in [4.69, 9.17) is 0 Å². The molecule has 0 unspecified atom stereocenters. The minimum atomic E-state index is -3.51. The number of sulfonamides is 1. The van der Waals surface area contributed by atoms with Crippen molar-refractivity contribution in [2.45, 2.75) is 24.5 Å². The first-order valence-corrected chi connectivity index (χ1v) is 9.06. The number of benzene rings is 1. The quantitative estimate of drug-likeness (QED) is 0.859. The molecule has 0 fully saturated rings. The lowest BCUT2D eigenvalue weighted by Gasteiger charge is -2.10. The highest BCUT2D eigenvalue weighted by Crippen LogP contribution is 2.26. The molecule has 2 aromatic rings. The van der Waals surface area contributed by atoms with Crippen LogP contribution in [0.4, 0.5) is 5.69 Å². The standard InChI is InChI=1S/C15H20N2O2S2/c1-11-4-5-12(2)14(10-11)17-21(18,19)15-7-6-13(20-15)8-9-16-3/h4-7,10,16-17H,8-9H2,1-3H3. The Kier molecular flexibility index (Phi) is 5.03. The van der Waals surface area contributed by atoms with Crippen LogP contribution >= 0.6 is 11.3 Å². The highest BCUT2D eigenvalue weighted by atomic mass is 32.2. The molecule has 0 spiro atoms. The van der Waals surface area contributed by atoms with Crippen molar-refractivity contribution in [3.8, 4) is 0 Å². The zero-order valence-corrected chi connectivity index (χ0v) is 14.1. The first-order chi connectivity index (χ1) is 9.92. The second kappa shape index (κ2) is 6.60. The van der Waals surface area contributed by atoms with E-state index >= 15 is 0 Å². The molecule has 2 rings (SSSR count). The second-order valence-corrected chi connectivity index (χ2v) is 8.08. The van der Waals surface area contributed by atoms with Crippen LogP contribution in [0.3, 0.4) is 0 Å². The van der Waals surface area contributed by atoms with Gasteiger partial charge in [0.05, 0.1) is 5.69 Å². The predicted octanol–water partition coefficient (Wildman–Crippen LogP) is 2.93. The Bertz CT molecular complexity index is 721. The Labute approximate surface area is 130 Å². The molecule has 4 nitrogen and oxygen atoms in total. The molecule has 6 heteroatoms. The van der Waals surface area contributed by atoms with E-state index in [1.165, 1.54) is 11.3 Å². The van der Waals surface area contributed by atoms with Crippen molar-refractivity contribution in [2.24, 2.45) is 0 Å². The highest BCUT2D eigenvalue weighted by Gasteiger charge is 2.17. The lowest BCUT2D eigenvalue weighted by molar-refractivity contribution is 0.603. The molecular weight excluding hydrogens is 304 g/mol. The van der Waals surface area contributed by atoms with Gasteiger partial charge < -0.3 is 5.32 Å². The maximum absolute atomic E-state index is 12.4. The summed E-state index contributed by atoms with van der Waals surface area (Å²) in [6.07, 6.45) is 0.833. The minimum Gasteiger partial charge on any atom is -0.319 e. The number of hydrogen-bond donors (Lipinski definition) is 2. The van der Waals surface area contributed by atoms with Gasteiger partial charge in [0.15, 0.2) is 0 Å². The van der Waals surface area contributed by atoms with E-state index in [0.29, 0.717) is 9.90 Å². The fourth-order valence-corrected chi connectivity index (χ4v) is 4.40. The Morgan fingerprint density at radius 2 is 1.90 bits per heavy atom. The lowest BCUT2D eigenvalue weighted by Crippen LogP contribution is -2.12. The number of thiophene rings is 1. The van der Waals surface area contributed by atoms with Gasteiger partial charge in [-0.1, -0.05) is 12.1 Å². The third kappa shape index (κ3) is 4.06. The van der Waals surface area contributed by atoms with Crippen LogP contribution in [0, 0.1) is 13.8 Å². The Hall–Kier alpha value is -1.37. The zero-order chi connectivity index (χ0) is 15.5. The molecule has 0 atom stereocenters. The molecule has 21 heavy (non-hydrogen) atoms. The van der Waals surface area contributed by atoms with Crippen molar-refractivity contribution < 1.29 is 8.42 Å². The Balaban J connectivity index is 2.22.